The standard InChI is InChI=1S/C52H33NOS/c1-2-10-37-31-38(20-19-34(37)9-1)35-21-26-41(27-22-35)53(42-28-23-36(24-29-42)39-25-30-46-45-13-4-6-18-50(45)55-51(46)33-39)43-12-7-11-40(32-43)44-15-8-17-49-52(44)47-14-3-5-16-48(47)54-49/h1-33H. The van der Waals surface area contributed by atoms with Gasteiger partial charge in [-0.25, -0.2) is 0 Å². The Balaban J connectivity index is 1.01. The van der Waals surface area contributed by atoms with E-state index in [9.17, 15) is 0 Å². The van der Waals surface area contributed by atoms with Gasteiger partial charge in [0.2, 0.25) is 0 Å². The smallest absolute Gasteiger partial charge is 0.136 e. The molecule has 0 amide bonds. The Labute approximate surface area is 322 Å². The topological polar surface area (TPSA) is 16.4 Å². The van der Waals surface area contributed by atoms with Gasteiger partial charge >= 0.3 is 0 Å². The van der Waals surface area contributed by atoms with E-state index >= 15 is 0 Å². The van der Waals surface area contributed by atoms with E-state index in [-0.39, 0.29) is 0 Å². The number of nitrogens with zero attached hydrogens (tertiary/aromatic N) is 1. The summed E-state index contributed by atoms with van der Waals surface area (Å²) in [6.45, 7) is 0. The van der Waals surface area contributed by atoms with Crippen LogP contribution in [0.5, 0.6) is 0 Å². The third kappa shape index (κ3) is 5.48. The number of hydrogen-bond acceptors (Lipinski definition) is 3. The Kier molecular flexibility index (Phi) is 7.39. The van der Waals surface area contributed by atoms with Crippen LogP contribution in [0.25, 0.3) is 86.3 Å². The van der Waals surface area contributed by atoms with Crippen molar-refractivity contribution in [3.8, 4) is 33.4 Å². The predicted molar refractivity (Wildman–Crippen MR) is 235 cm³/mol. The van der Waals surface area contributed by atoms with Crippen molar-refractivity contribution < 1.29 is 4.42 Å². The fourth-order valence-corrected chi connectivity index (χ4v) is 9.30. The second-order valence-corrected chi connectivity index (χ2v) is 15.2. The van der Waals surface area contributed by atoms with Crippen LogP contribution in [0.4, 0.5) is 17.1 Å². The largest absolute Gasteiger partial charge is 0.456 e. The summed E-state index contributed by atoms with van der Waals surface area (Å²) < 4.78 is 8.92. The van der Waals surface area contributed by atoms with Gasteiger partial charge in [0.05, 0.1) is 0 Å². The van der Waals surface area contributed by atoms with Gasteiger partial charge < -0.3 is 9.32 Å². The van der Waals surface area contributed by atoms with Gasteiger partial charge in [-0.15, -0.1) is 11.3 Å². The van der Waals surface area contributed by atoms with Gasteiger partial charge in [-0.1, -0.05) is 133 Å². The summed E-state index contributed by atoms with van der Waals surface area (Å²) in [7, 11) is 0. The zero-order valence-electron chi connectivity index (χ0n) is 29.8. The fraction of sp³-hybridized carbons (Fsp3) is 0. The Bertz CT molecular complexity index is 3210. The SMILES string of the molecule is c1cc(-c2cccc3oc4ccccc4c23)cc(N(c2ccc(-c3ccc4ccccc4c3)cc2)c2ccc(-c3ccc4c(c3)sc3ccccc34)cc2)c1. The molecule has 2 heterocycles. The number of para-hydroxylation sites is 1. The summed E-state index contributed by atoms with van der Waals surface area (Å²) in [6.07, 6.45) is 0. The number of furan rings is 1. The molecule has 0 aliphatic heterocycles. The maximum absolute atomic E-state index is 6.28. The fourth-order valence-electron chi connectivity index (χ4n) is 8.16. The lowest BCUT2D eigenvalue weighted by molar-refractivity contribution is 0.669. The molecule has 0 atom stereocenters. The number of anilines is 3. The summed E-state index contributed by atoms with van der Waals surface area (Å²) in [5.41, 5.74) is 12.2. The summed E-state index contributed by atoms with van der Waals surface area (Å²) in [5, 5.41) is 7.41. The van der Waals surface area contributed by atoms with Crippen molar-refractivity contribution in [1.29, 1.82) is 0 Å². The maximum atomic E-state index is 6.28. The molecule has 0 unspecified atom stereocenters. The van der Waals surface area contributed by atoms with Crippen molar-refractivity contribution in [3.63, 3.8) is 0 Å². The maximum Gasteiger partial charge on any atom is 0.136 e. The van der Waals surface area contributed by atoms with Crippen molar-refractivity contribution in [3.05, 3.63) is 200 Å². The summed E-state index contributed by atoms with van der Waals surface area (Å²) in [4.78, 5) is 2.36. The van der Waals surface area contributed by atoms with Crippen LogP contribution in [0.3, 0.4) is 0 Å². The van der Waals surface area contributed by atoms with E-state index < -0.39 is 0 Å². The molecule has 0 radical (unpaired) electrons. The molecule has 0 bridgehead atoms. The Morgan fingerprint density at radius 1 is 0.345 bits per heavy atom. The van der Waals surface area contributed by atoms with E-state index in [0.717, 1.165) is 50.1 Å². The molecule has 2 nitrogen and oxygen atoms in total. The number of benzene rings is 9. The number of rotatable bonds is 6. The second kappa shape index (κ2) is 12.9. The molecule has 258 valence electrons. The number of fused-ring (bicyclic) bond motifs is 7. The van der Waals surface area contributed by atoms with Gasteiger partial charge in [0.15, 0.2) is 0 Å². The van der Waals surface area contributed by atoms with Crippen molar-refractivity contribution in [2.24, 2.45) is 0 Å². The van der Waals surface area contributed by atoms with E-state index in [2.05, 4.69) is 193 Å². The third-order valence-corrected chi connectivity index (χ3v) is 12.0. The first-order chi connectivity index (χ1) is 27.2. The molecule has 0 saturated heterocycles. The van der Waals surface area contributed by atoms with Crippen LogP contribution in [-0.2, 0) is 0 Å². The highest BCUT2D eigenvalue weighted by Gasteiger charge is 2.17. The van der Waals surface area contributed by atoms with Crippen molar-refractivity contribution >= 4 is 81.3 Å². The van der Waals surface area contributed by atoms with E-state index in [1.807, 2.05) is 23.5 Å². The first kappa shape index (κ1) is 31.6. The van der Waals surface area contributed by atoms with Crippen LogP contribution < -0.4 is 4.90 Å². The Morgan fingerprint density at radius 2 is 0.964 bits per heavy atom. The normalized spacial score (nSPS) is 11.6. The number of thiophene rings is 1. The molecular weight excluding hydrogens is 687 g/mol. The molecular formula is C52H33NOS. The molecule has 11 rings (SSSR count). The molecule has 2 aromatic heterocycles. The summed E-state index contributed by atoms with van der Waals surface area (Å²) >= 11 is 1.86. The van der Waals surface area contributed by atoms with Gasteiger partial charge in [0.1, 0.15) is 11.2 Å². The van der Waals surface area contributed by atoms with Crippen LogP contribution in [0.15, 0.2) is 205 Å². The lowest BCUT2D eigenvalue weighted by Gasteiger charge is -2.26. The molecule has 0 aliphatic rings. The predicted octanol–water partition coefficient (Wildman–Crippen LogP) is 15.6. The van der Waals surface area contributed by atoms with Gasteiger partial charge in [-0.2, -0.15) is 0 Å². The minimum Gasteiger partial charge on any atom is -0.456 e. The highest BCUT2D eigenvalue weighted by Crippen LogP contribution is 2.42. The molecule has 11 aromatic rings. The molecule has 9 aromatic carbocycles. The molecule has 55 heavy (non-hydrogen) atoms. The van der Waals surface area contributed by atoms with Crippen molar-refractivity contribution in [2.75, 3.05) is 4.90 Å². The highest BCUT2D eigenvalue weighted by molar-refractivity contribution is 7.25. The molecule has 0 saturated carbocycles. The zero-order valence-corrected chi connectivity index (χ0v) is 30.6. The lowest BCUT2D eigenvalue weighted by atomic mass is 9.98. The van der Waals surface area contributed by atoms with Gasteiger partial charge in [-0.3, -0.25) is 0 Å². The summed E-state index contributed by atoms with van der Waals surface area (Å²) in [6, 6.07) is 72.3. The molecule has 0 fully saturated rings. The molecule has 0 N–H and O–H groups in total. The van der Waals surface area contributed by atoms with E-state index in [0.29, 0.717) is 0 Å². The minimum absolute atomic E-state index is 0.898. The molecule has 0 spiro atoms. The Hall–Kier alpha value is -6.94. The average molecular weight is 720 g/mol. The van der Waals surface area contributed by atoms with E-state index in [1.54, 1.807) is 0 Å². The minimum atomic E-state index is 0.898. The zero-order chi connectivity index (χ0) is 36.3. The van der Waals surface area contributed by atoms with Crippen LogP contribution in [0.1, 0.15) is 0 Å². The second-order valence-electron chi connectivity index (χ2n) is 14.1. The quantitative estimate of drug-likeness (QED) is 0.170. The van der Waals surface area contributed by atoms with Crippen molar-refractivity contribution in [1.82, 2.24) is 0 Å². The molecule has 3 heteroatoms. The first-order valence-electron chi connectivity index (χ1n) is 18.7. The average Bonchev–Trinajstić information content (AvgIpc) is 3.82. The molecule has 0 aliphatic carbocycles. The van der Waals surface area contributed by atoms with E-state index in [4.69, 9.17) is 4.42 Å². The van der Waals surface area contributed by atoms with E-state index in [1.165, 1.54) is 53.2 Å². The van der Waals surface area contributed by atoms with Gasteiger partial charge in [0, 0.05) is 48.0 Å². The van der Waals surface area contributed by atoms with Gasteiger partial charge in [0.25, 0.3) is 0 Å². The van der Waals surface area contributed by atoms with Crippen LogP contribution in [0, 0.1) is 0 Å². The van der Waals surface area contributed by atoms with Crippen molar-refractivity contribution in [2.45, 2.75) is 0 Å². The Morgan fingerprint density at radius 3 is 1.78 bits per heavy atom. The first-order valence-corrected chi connectivity index (χ1v) is 19.5. The van der Waals surface area contributed by atoms with Gasteiger partial charge in [-0.05, 0) is 111 Å². The van der Waals surface area contributed by atoms with Crippen LogP contribution in [-0.4, -0.2) is 0 Å². The lowest BCUT2D eigenvalue weighted by Crippen LogP contribution is -2.10. The highest BCUT2D eigenvalue weighted by atomic mass is 32.1. The third-order valence-electron chi connectivity index (χ3n) is 10.9. The summed E-state index contributed by atoms with van der Waals surface area (Å²) in [5.74, 6) is 0. The van der Waals surface area contributed by atoms with Crippen LogP contribution in [0.2, 0.25) is 0 Å². The monoisotopic (exact) mass is 719 g/mol. The van der Waals surface area contributed by atoms with Crippen LogP contribution >= 0.6 is 11.3 Å². The number of hydrogen-bond donors (Lipinski definition) is 0.